The van der Waals surface area contributed by atoms with E-state index in [1.165, 1.54) is 0 Å². The van der Waals surface area contributed by atoms with Crippen LogP contribution in [0.4, 0.5) is 30.8 Å². The van der Waals surface area contributed by atoms with Gasteiger partial charge in [0.2, 0.25) is 5.95 Å². The Balaban J connectivity index is 1.99. The van der Waals surface area contributed by atoms with Crippen molar-refractivity contribution in [1.82, 2.24) is 19.7 Å². The van der Waals surface area contributed by atoms with Gasteiger partial charge >= 0.3 is 6.18 Å². The molecule has 3 rings (SSSR count). The number of halogens is 3. The molecule has 2 aromatic heterocycles. The van der Waals surface area contributed by atoms with Crippen molar-refractivity contribution >= 4 is 41.1 Å². The number of hydrogen-bond acceptors (Lipinski definition) is 6. The van der Waals surface area contributed by atoms with Crippen LogP contribution in [0.1, 0.15) is 37.9 Å². The zero-order valence-electron chi connectivity index (χ0n) is 17.3. The van der Waals surface area contributed by atoms with Gasteiger partial charge in [0.25, 0.3) is 0 Å². The van der Waals surface area contributed by atoms with E-state index >= 15 is 0 Å². The predicted octanol–water partition coefficient (Wildman–Crippen LogP) is 0.360. The summed E-state index contributed by atoms with van der Waals surface area (Å²) in [6, 6.07) is 1.85. The molecule has 0 aliphatic carbocycles. The quantitative estimate of drug-likeness (QED) is 0.676. The number of hydrogen-bond donors (Lipinski definition) is 2. The first-order valence-electron chi connectivity index (χ1n) is 9.64. The molecule has 0 radical (unpaired) electrons. The number of rotatable bonds is 6. The maximum Gasteiger partial charge on any atom is 0.421 e. The van der Waals surface area contributed by atoms with Gasteiger partial charge in [-0.25, -0.2) is 4.98 Å². The molecular formula is C16H24B3F3N6O. The van der Waals surface area contributed by atoms with Crippen LogP contribution in [0.2, 0.25) is 0 Å². The highest BCUT2D eigenvalue weighted by Gasteiger charge is 2.37. The number of nitrogens with zero attached hydrogens (tertiary/aromatic N) is 4. The van der Waals surface area contributed by atoms with Crippen molar-refractivity contribution in [3.05, 3.63) is 23.5 Å². The average molecular weight is 406 g/mol. The van der Waals surface area contributed by atoms with Gasteiger partial charge in [-0.1, -0.05) is 0 Å². The Morgan fingerprint density at radius 2 is 2.03 bits per heavy atom. The second-order valence-electron chi connectivity index (χ2n) is 8.29. The molecule has 13 heteroatoms. The summed E-state index contributed by atoms with van der Waals surface area (Å²) in [5.74, 6) is 0.389. The molecule has 1 atom stereocenters. The van der Waals surface area contributed by atoms with Crippen molar-refractivity contribution in [2.45, 2.75) is 43.7 Å². The monoisotopic (exact) mass is 406 g/mol. The molecular weight excluding hydrogens is 382 g/mol. The van der Waals surface area contributed by atoms with Gasteiger partial charge in [0, 0.05) is 25.4 Å². The third kappa shape index (κ3) is 4.54. The number of alkyl halides is 3. The Hall–Kier alpha value is -2.17. The third-order valence-corrected chi connectivity index (χ3v) is 4.78. The van der Waals surface area contributed by atoms with E-state index in [4.69, 9.17) is 9.84 Å². The van der Waals surface area contributed by atoms with E-state index in [1.807, 2.05) is 36.5 Å². The number of aromatic nitrogens is 4. The summed E-state index contributed by atoms with van der Waals surface area (Å²) in [4.78, 5) is 7.92. The zero-order chi connectivity index (χ0) is 21.4. The summed E-state index contributed by atoms with van der Waals surface area (Å²) in [6.07, 6.45) is -1.94. The minimum absolute atomic E-state index is 0.0587. The standard InChI is InChI=1S/C16H24B3F3N6O/c1-3-23-12-9(15(20,21)22)8-24-13(26-12)25-11-7-10(14(2)5-4-6-29-14)27-28(11)16(17,18)19/h7-8H,3-6,17-19H2,1-2H3,(H2,23,24,25,26)/t14-/m0/s1. The lowest BCUT2D eigenvalue weighted by Crippen LogP contribution is -2.37. The lowest BCUT2D eigenvalue weighted by molar-refractivity contribution is -0.137. The predicted molar refractivity (Wildman–Crippen MR) is 113 cm³/mol. The lowest BCUT2D eigenvalue weighted by atomic mass is 9.49. The normalized spacial score (nSPS) is 20.0. The Bertz CT molecular complexity index is 878. The molecule has 1 aliphatic rings. The highest BCUT2D eigenvalue weighted by atomic mass is 19.4. The van der Waals surface area contributed by atoms with Gasteiger partial charge in [0.05, 0.1) is 5.69 Å². The molecule has 1 saturated heterocycles. The highest BCUT2D eigenvalue weighted by molar-refractivity contribution is 6.56. The van der Waals surface area contributed by atoms with Crippen LogP contribution < -0.4 is 10.6 Å². The van der Waals surface area contributed by atoms with E-state index in [0.717, 1.165) is 24.7 Å². The minimum Gasteiger partial charge on any atom is -0.370 e. The molecule has 1 fully saturated rings. The van der Waals surface area contributed by atoms with Crippen LogP contribution in [0.5, 0.6) is 0 Å². The lowest BCUT2D eigenvalue weighted by Gasteiger charge is -2.24. The van der Waals surface area contributed by atoms with Crippen molar-refractivity contribution < 1.29 is 17.9 Å². The smallest absolute Gasteiger partial charge is 0.370 e. The van der Waals surface area contributed by atoms with Crippen LogP contribution in [0.15, 0.2) is 12.3 Å². The van der Waals surface area contributed by atoms with Crippen molar-refractivity contribution in [3.8, 4) is 0 Å². The van der Waals surface area contributed by atoms with Crippen molar-refractivity contribution in [3.63, 3.8) is 0 Å². The molecule has 0 bridgehead atoms. The molecule has 0 saturated carbocycles. The summed E-state index contributed by atoms with van der Waals surface area (Å²) in [5.41, 5.74) is -0.615. The Morgan fingerprint density at radius 1 is 1.31 bits per heavy atom. The Labute approximate surface area is 170 Å². The van der Waals surface area contributed by atoms with E-state index in [0.29, 0.717) is 19.0 Å². The zero-order valence-corrected chi connectivity index (χ0v) is 17.3. The molecule has 7 nitrogen and oxygen atoms in total. The molecule has 3 heterocycles. The maximum absolute atomic E-state index is 13.2. The van der Waals surface area contributed by atoms with E-state index < -0.39 is 17.3 Å². The fourth-order valence-corrected chi connectivity index (χ4v) is 3.29. The van der Waals surface area contributed by atoms with Gasteiger partial charge in [-0.2, -0.15) is 23.3 Å². The first-order chi connectivity index (χ1) is 13.4. The molecule has 2 N–H and O–H groups in total. The molecule has 0 aromatic carbocycles. The van der Waals surface area contributed by atoms with Crippen LogP contribution in [0.25, 0.3) is 0 Å². The fourth-order valence-electron chi connectivity index (χ4n) is 3.29. The second-order valence-corrected chi connectivity index (χ2v) is 8.29. The summed E-state index contributed by atoms with van der Waals surface area (Å²) in [7, 11) is 5.97. The number of anilines is 3. The first kappa shape index (κ1) is 21.5. The molecule has 1 aliphatic heterocycles. The van der Waals surface area contributed by atoms with E-state index in [1.54, 1.807) is 11.6 Å². The SMILES string of the molecule is BC(B)(B)n1nc([C@]2(C)CCCO2)cc1Nc1ncc(C(F)(F)F)c(NCC)n1. The van der Waals surface area contributed by atoms with Crippen LogP contribution >= 0.6 is 0 Å². The van der Waals surface area contributed by atoms with Crippen molar-refractivity contribution in [2.75, 3.05) is 23.8 Å². The Morgan fingerprint density at radius 3 is 2.59 bits per heavy atom. The van der Waals surface area contributed by atoms with Gasteiger partial charge in [0.1, 0.15) is 46.3 Å². The second kappa shape index (κ2) is 7.58. The average Bonchev–Trinajstić information content (AvgIpc) is 3.21. The van der Waals surface area contributed by atoms with Gasteiger partial charge in [-0.05, 0) is 31.9 Å². The van der Waals surface area contributed by atoms with E-state index in [2.05, 4.69) is 20.6 Å². The van der Waals surface area contributed by atoms with Crippen LogP contribution in [-0.2, 0) is 21.8 Å². The van der Waals surface area contributed by atoms with Gasteiger partial charge in [-0.3, -0.25) is 4.68 Å². The van der Waals surface area contributed by atoms with Gasteiger partial charge in [-0.15, -0.1) is 0 Å². The topological polar surface area (TPSA) is 76.9 Å². The molecule has 2 aromatic rings. The van der Waals surface area contributed by atoms with Crippen LogP contribution in [-0.4, -0.2) is 56.4 Å². The van der Waals surface area contributed by atoms with Crippen molar-refractivity contribution in [2.24, 2.45) is 0 Å². The molecule has 0 amide bonds. The van der Waals surface area contributed by atoms with Gasteiger partial charge in [0.15, 0.2) is 0 Å². The fraction of sp³-hybridized carbons (Fsp3) is 0.562. The first-order valence-corrected chi connectivity index (χ1v) is 9.64. The van der Waals surface area contributed by atoms with Crippen LogP contribution in [0.3, 0.4) is 0 Å². The van der Waals surface area contributed by atoms with E-state index in [9.17, 15) is 13.2 Å². The largest absolute Gasteiger partial charge is 0.421 e. The summed E-state index contributed by atoms with van der Waals surface area (Å²) < 4.78 is 47.3. The van der Waals surface area contributed by atoms with Gasteiger partial charge < -0.3 is 15.4 Å². The van der Waals surface area contributed by atoms with Crippen molar-refractivity contribution in [1.29, 1.82) is 0 Å². The number of nitrogens with one attached hydrogen (secondary N) is 2. The molecule has 29 heavy (non-hydrogen) atoms. The molecule has 0 unspecified atom stereocenters. The third-order valence-electron chi connectivity index (χ3n) is 4.78. The minimum atomic E-state index is -4.54. The van der Waals surface area contributed by atoms with E-state index in [-0.39, 0.29) is 17.0 Å². The maximum atomic E-state index is 13.2. The summed E-state index contributed by atoms with van der Waals surface area (Å²) in [6.45, 7) is 4.69. The number of ether oxygens (including phenoxy) is 1. The Kier molecular flexibility index (Phi) is 5.63. The highest BCUT2D eigenvalue weighted by Crippen LogP contribution is 2.37. The molecule has 154 valence electrons. The summed E-state index contributed by atoms with van der Waals surface area (Å²) >= 11 is 0. The van der Waals surface area contributed by atoms with Crippen LogP contribution in [0, 0.1) is 0 Å². The molecule has 0 spiro atoms. The summed E-state index contributed by atoms with van der Waals surface area (Å²) in [5, 5.41) is 10.0.